The molecule has 1 aliphatic heterocycles. The molecule has 5 rings (SSSR count). The van der Waals surface area contributed by atoms with Gasteiger partial charge in [0.25, 0.3) is 11.8 Å². The second kappa shape index (κ2) is 9.50. The van der Waals surface area contributed by atoms with Gasteiger partial charge in [-0.1, -0.05) is 24.3 Å². The Labute approximate surface area is 211 Å². The quantitative estimate of drug-likeness (QED) is 0.239. The lowest BCUT2D eigenvalue weighted by atomic mass is 9.94. The second-order valence-corrected chi connectivity index (χ2v) is 8.46. The first kappa shape index (κ1) is 23.6. The fraction of sp³-hybridized carbons (Fsp3) is 0.0690. The van der Waals surface area contributed by atoms with Gasteiger partial charge < -0.3 is 10.1 Å². The Morgan fingerprint density at radius 2 is 1.32 bits per heavy atom. The normalized spacial score (nSPS) is 12.4. The number of hydrogen-bond acceptors (Lipinski definition) is 6. The van der Waals surface area contributed by atoms with E-state index in [-0.39, 0.29) is 11.5 Å². The predicted molar refractivity (Wildman–Crippen MR) is 137 cm³/mol. The lowest BCUT2D eigenvalue weighted by Crippen LogP contribution is -2.40. The summed E-state index contributed by atoms with van der Waals surface area (Å²) < 4.78 is 5.15. The Balaban J connectivity index is 1.28. The van der Waals surface area contributed by atoms with Crippen molar-refractivity contribution in [1.82, 2.24) is 0 Å². The minimum atomic E-state index is -0.721. The largest absolute Gasteiger partial charge is 0.454 e. The number of hydrogen-bond donors (Lipinski definition) is 1. The molecule has 0 saturated carbocycles. The summed E-state index contributed by atoms with van der Waals surface area (Å²) in [6.07, 6.45) is 0. The first-order chi connectivity index (χ1) is 17.8. The number of nitrogens with one attached hydrogen (secondary N) is 1. The van der Waals surface area contributed by atoms with Crippen LogP contribution < -0.4 is 10.2 Å². The average molecular weight is 492 g/mol. The summed E-state index contributed by atoms with van der Waals surface area (Å²) in [7, 11) is 0. The topological polar surface area (TPSA) is 110 Å². The van der Waals surface area contributed by atoms with Gasteiger partial charge >= 0.3 is 5.97 Å². The Kier molecular flexibility index (Phi) is 6.07. The number of carbonyl (C=O) groups is 5. The standard InChI is InChI=1S/C29H20N2O6/c1-17(32)30-21-12-8-18(9-13-21)25(33)16-37-29(36)20-10-14-22(15-11-20)31-27(34)23-6-2-4-19-5-3-7-24(26(19)23)28(31)35/h2-15H,16H2,1H3,(H,30,32). The lowest BCUT2D eigenvalue weighted by molar-refractivity contribution is -0.114. The van der Waals surface area contributed by atoms with Gasteiger partial charge in [-0.25, -0.2) is 9.69 Å². The number of imide groups is 1. The third-order valence-electron chi connectivity index (χ3n) is 5.99. The van der Waals surface area contributed by atoms with Crippen molar-refractivity contribution in [3.8, 4) is 0 Å². The molecule has 0 spiro atoms. The summed E-state index contributed by atoms with van der Waals surface area (Å²) in [5.74, 6) is -2.24. The van der Waals surface area contributed by atoms with Crippen LogP contribution in [0.5, 0.6) is 0 Å². The van der Waals surface area contributed by atoms with Gasteiger partial charge in [0.2, 0.25) is 5.91 Å². The van der Waals surface area contributed by atoms with Gasteiger partial charge in [-0.3, -0.25) is 19.2 Å². The Morgan fingerprint density at radius 1 is 0.757 bits per heavy atom. The van der Waals surface area contributed by atoms with E-state index in [4.69, 9.17) is 4.74 Å². The summed E-state index contributed by atoms with van der Waals surface area (Å²) in [5, 5.41) is 4.05. The van der Waals surface area contributed by atoms with Gasteiger partial charge in [0.15, 0.2) is 12.4 Å². The van der Waals surface area contributed by atoms with E-state index in [1.54, 1.807) is 36.4 Å². The van der Waals surface area contributed by atoms with Crippen molar-refractivity contribution < 1.29 is 28.7 Å². The van der Waals surface area contributed by atoms with Crippen molar-refractivity contribution in [3.63, 3.8) is 0 Å². The predicted octanol–water partition coefficient (Wildman–Crippen LogP) is 4.64. The molecule has 0 saturated heterocycles. The third kappa shape index (κ3) is 4.48. The molecular formula is C29H20N2O6. The van der Waals surface area contributed by atoms with Crippen LogP contribution in [0, 0.1) is 0 Å². The highest BCUT2D eigenvalue weighted by atomic mass is 16.5. The SMILES string of the molecule is CC(=O)Nc1ccc(C(=O)COC(=O)c2ccc(N3C(=O)c4cccc5cccc(c45)C3=O)cc2)cc1. The molecule has 0 atom stereocenters. The van der Waals surface area contributed by atoms with Crippen molar-refractivity contribution in [3.05, 3.63) is 107 Å². The molecule has 0 aromatic heterocycles. The van der Waals surface area contributed by atoms with E-state index in [1.165, 1.54) is 43.3 Å². The number of anilines is 2. The van der Waals surface area contributed by atoms with Crippen molar-refractivity contribution in [1.29, 1.82) is 0 Å². The van der Waals surface area contributed by atoms with Crippen LogP contribution in [0.1, 0.15) is 48.4 Å². The van der Waals surface area contributed by atoms with E-state index in [9.17, 15) is 24.0 Å². The van der Waals surface area contributed by atoms with Crippen LogP contribution in [-0.2, 0) is 9.53 Å². The molecule has 1 aliphatic rings. The van der Waals surface area contributed by atoms with E-state index in [1.807, 2.05) is 12.1 Å². The molecule has 1 heterocycles. The lowest BCUT2D eigenvalue weighted by Gasteiger charge is -2.27. The van der Waals surface area contributed by atoms with Crippen molar-refractivity contribution in [2.75, 3.05) is 16.8 Å². The van der Waals surface area contributed by atoms with Crippen LogP contribution >= 0.6 is 0 Å². The summed E-state index contributed by atoms with van der Waals surface area (Å²) in [5.41, 5.74) is 2.21. The molecule has 37 heavy (non-hydrogen) atoms. The number of rotatable bonds is 6. The summed E-state index contributed by atoms with van der Waals surface area (Å²) >= 11 is 0. The molecule has 0 radical (unpaired) electrons. The molecule has 3 amide bonds. The molecule has 4 aromatic rings. The van der Waals surface area contributed by atoms with Crippen LogP contribution in [0.3, 0.4) is 0 Å². The van der Waals surface area contributed by atoms with E-state index in [0.717, 1.165) is 10.3 Å². The van der Waals surface area contributed by atoms with Crippen molar-refractivity contribution in [2.24, 2.45) is 0 Å². The maximum absolute atomic E-state index is 13.2. The van der Waals surface area contributed by atoms with E-state index < -0.39 is 30.2 Å². The fourth-order valence-electron chi connectivity index (χ4n) is 4.25. The van der Waals surface area contributed by atoms with Gasteiger partial charge in [-0.15, -0.1) is 0 Å². The van der Waals surface area contributed by atoms with E-state index >= 15 is 0 Å². The Morgan fingerprint density at radius 3 is 1.89 bits per heavy atom. The van der Waals surface area contributed by atoms with Gasteiger partial charge in [-0.05, 0) is 66.0 Å². The number of ketones is 1. The number of amides is 3. The van der Waals surface area contributed by atoms with E-state index in [2.05, 4.69) is 5.32 Å². The average Bonchev–Trinajstić information content (AvgIpc) is 2.90. The minimum absolute atomic E-state index is 0.164. The van der Waals surface area contributed by atoms with Gasteiger partial charge in [0, 0.05) is 34.7 Å². The van der Waals surface area contributed by atoms with Crippen LogP contribution in [0.25, 0.3) is 10.8 Å². The molecule has 182 valence electrons. The number of ether oxygens (including phenoxy) is 1. The van der Waals surface area contributed by atoms with Gasteiger partial charge in [0.05, 0.1) is 11.3 Å². The zero-order chi connectivity index (χ0) is 26.1. The smallest absolute Gasteiger partial charge is 0.338 e. The van der Waals surface area contributed by atoms with Crippen molar-refractivity contribution >= 4 is 51.6 Å². The van der Waals surface area contributed by atoms with E-state index in [0.29, 0.717) is 33.5 Å². The monoisotopic (exact) mass is 492 g/mol. The maximum atomic E-state index is 13.2. The maximum Gasteiger partial charge on any atom is 0.338 e. The molecule has 8 nitrogen and oxygen atoms in total. The van der Waals surface area contributed by atoms with Gasteiger partial charge in [0.1, 0.15) is 0 Å². The molecule has 0 aliphatic carbocycles. The highest BCUT2D eigenvalue weighted by molar-refractivity contribution is 6.35. The van der Waals surface area contributed by atoms with Crippen LogP contribution in [-0.4, -0.2) is 36.1 Å². The number of carbonyl (C=O) groups excluding carboxylic acids is 5. The molecule has 8 heteroatoms. The highest BCUT2D eigenvalue weighted by Crippen LogP contribution is 2.32. The zero-order valence-corrected chi connectivity index (χ0v) is 19.7. The minimum Gasteiger partial charge on any atom is -0.454 e. The summed E-state index contributed by atoms with van der Waals surface area (Å²) in [6, 6.07) is 22.7. The number of esters is 1. The fourth-order valence-corrected chi connectivity index (χ4v) is 4.25. The molecule has 0 bridgehead atoms. The number of Topliss-reactive ketones (excluding diaryl/α,β-unsaturated/α-hetero) is 1. The first-order valence-corrected chi connectivity index (χ1v) is 11.4. The molecule has 0 fully saturated rings. The molecule has 0 unspecified atom stereocenters. The summed E-state index contributed by atoms with van der Waals surface area (Å²) in [4.78, 5) is 63.4. The summed E-state index contributed by atoms with van der Waals surface area (Å²) in [6.45, 7) is 0.913. The molecular weight excluding hydrogens is 472 g/mol. The molecule has 1 N–H and O–H groups in total. The van der Waals surface area contributed by atoms with Crippen LogP contribution in [0.4, 0.5) is 11.4 Å². The Hall–Kier alpha value is -5.11. The third-order valence-corrected chi connectivity index (χ3v) is 5.99. The van der Waals surface area contributed by atoms with Crippen LogP contribution in [0.2, 0.25) is 0 Å². The Bertz CT molecular complexity index is 1540. The highest BCUT2D eigenvalue weighted by Gasteiger charge is 2.33. The molecule has 4 aromatic carbocycles. The number of benzene rings is 4. The van der Waals surface area contributed by atoms with Crippen LogP contribution in [0.15, 0.2) is 84.9 Å². The second-order valence-electron chi connectivity index (χ2n) is 8.46. The van der Waals surface area contributed by atoms with Gasteiger partial charge in [-0.2, -0.15) is 0 Å². The zero-order valence-electron chi connectivity index (χ0n) is 19.7. The first-order valence-electron chi connectivity index (χ1n) is 11.4. The van der Waals surface area contributed by atoms with Crippen molar-refractivity contribution in [2.45, 2.75) is 6.92 Å². The number of nitrogens with zero attached hydrogens (tertiary/aromatic N) is 1.